The summed E-state index contributed by atoms with van der Waals surface area (Å²) in [5.41, 5.74) is 4.70. The first-order chi connectivity index (χ1) is 17.8. The summed E-state index contributed by atoms with van der Waals surface area (Å²) < 4.78 is 32.1. The monoisotopic (exact) mass is 515 g/mol. The van der Waals surface area contributed by atoms with E-state index < -0.39 is 10.0 Å². The number of hydrogen-bond acceptors (Lipinski definition) is 5. The number of carbonyl (C=O) groups is 1. The van der Waals surface area contributed by atoms with Crippen LogP contribution in [-0.2, 0) is 23.0 Å². The lowest BCUT2D eigenvalue weighted by atomic mass is 10.1. The zero-order chi connectivity index (χ0) is 26.3. The smallest absolute Gasteiger partial charge is 0.255 e. The fourth-order valence-electron chi connectivity index (χ4n) is 3.89. The first-order valence-corrected chi connectivity index (χ1v) is 13.8. The van der Waals surface area contributed by atoms with E-state index in [9.17, 15) is 13.2 Å². The Kier molecular flexibility index (Phi) is 8.20. The van der Waals surface area contributed by atoms with Gasteiger partial charge in [-0.3, -0.25) is 14.1 Å². The molecule has 4 rings (SSSR count). The van der Waals surface area contributed by atoms with Gasteiger partial charge in [0.2, 0.25) is 10.0 Å². The molecule has 0 spiro atoms. The van der Waals surface area contributed by atoms with Crippen molar-refractivity contribution in [3.63, 3.8) is 0 Å². The van der Waals surface area contributed by atoms with E-state index in [1.54, 1.807) is 60.9 Å². The van der Waals surface area contributed by atoms with Crippen molar-refractivity contribution in [3.05, 3.63) is 120 Å². The number of rotatable bonds is 10. The highest BCUT2D eigenvalue weighted by Crippen LogP contribution is 2.31. The van der Waals surface area contributed by atoms with Gasteiger partial charge in [0.05, 0.1) is 25.1 Å². The van der Waals surface area contributed by atoms with Gasteiger partial charge in [-0.25, -0.2) is 8.42 Å². The zero-order valence-electron chi connectivity index (χ0n) is 20.8. The molecule has 0 unspecified atom stereocenters. The number of pyridine rings is 1. The minimum absolute atomic E-state index is 0.115. The molecule has 0 atom stereocenters. The Labute approximate surface area is 217 Å². The van der Waals surface area contributed by atoms with Gasteiger partial charge in [0, 0.05) is 23.6 Å². The average molecular weight is 516 g/mol. The molecule has 0 aliphatic heterocycles. The molecule has 0 fully saturated rings. The maximum atomic E-state index is 12.8. The number of benzene rings is 3. The highest BCUT2D eigenvalue weighted by atomic mass is 32.2. The number of anilines is 2. The molecule has 1 amide bonds. The summed E-state index contributed by atoms with van der Waals surface area (Å²) in [6.07, 6.45) is 5.50. The van der Waals surface area contributed by atoms with Crippen molar-refractivity contribution >= 4 is 27.3 Å². The predicted molar refractivity (Wildman–Crippen MR) is 147 cm³/mol. The summed E-state index contributed by atoms with van der Waals surface area (Å²) in [5.74, 6) is 0.258. The number of ether oxygens (including phenoxy) is 1. The van der Waals surface area contributed by atoms with Crippen LogP contribution in [0.25, 0.3) is 0 Å². The van der Waals surface area contributed by atoms with E-state index in [2.05, 4.69) is 10.3 Å². The number of para-hydroxylation sites is 2. The fourth-order valence-corrected chi connectivity index (χ4v) is 4.79. The van der Waals surface area contributed by atoms with Crippen LogP contribution in [0.15, 0.2) is 97.3 Å². The van der Waals surface area contributed by atoms with Gasteiger partial charge in [0.15, 0.2) is 0 Å². The largest absolute Gasteiger partial charge is 0.492 e. The standard InChI is InChI=1S/C29H29N3O4S/c1-3-36-28-7-5-4-6-27(28)32(37(2,34)35)21-24-8-12-25(13-9-24)29(33)31-26-14-10-22(11-15-26)20-23-16-18-30-19-17-23/h4-19H,3,20-21H2,1-2H3,(H,31,33). The number of amides is 1. The molecule has 0 saturated carbocycles. The molecule has 0 aliphatic rings. The van der Waals surface area contributed by atoms with Crippen LogP contribution < -0.4 is 14.4 Å². The van der Waals surface area contributed by atoms with Gasteiger partial charge in [-0.1, -0.05) is 36.4 Å². The molecule has 0 aliphatic carbocycles. The van der Waals surface area contributed by atoms with E-state index in [4.69, 9.17) is 4.74 Å². The molecular formula is C29H29N3O4S. The Morgan fingerprint density at radius 3 is 2.14 bits per heavy atom. The first kappa shape index (κ1) is 25.9. The molecule has 8 heteroatoms. The van der Waals surface area contributed by atoms with Gasteiger partial charge in [-0.15, -0.1) is 0 Å². The summed E-state index contributed by atoms with van der Waals surface area (Å²) in [6, 6.07) is 25.6. The number of sulfonamides is 1. The lowest BCUT2D eigenvalue weighted by molar-refractivity contribution is 0.102. The van der Waals surface area contributed by atoms with Gasteiger partial charge < -0.3 is 10.1 Å². The van der Waals surface area contributed by atoms with E-state index in [-0.39, 0.29) is 12.5 Å². The summed E-state index contributed by atoms with van der Waals surface area (Å²) in [5, 5.41) is 2.91. The second-order valence-electron chi connectivity index (χ2n) is 8.55. The average Bonchev–Trinajstić information content (AvgIpc) is 2.89. The summed E-state index contributed by atoms with van der Waals surface area (Å²) >= 11 is 0. The van der Waals surface area contributed by atoms with E-state index in [1.165, 1.54) is 16.1 Å². The highest BCUT2D eigenvalue weighted by molar-refractivity contribution is 7.92. The normalized spacial score (nSPS) is 11.1. The van der Waals surface area contributed by atoms with Crippen molar-refractivity contribution in [1.82, 2.24) is 4.98 Å². The number of hydrogen-bond donors (Lipinski definition) is 1. The van der Waals surface area contributed by atoms with Crippen molar-refractivity contribution in [3.8, 4) is 5.75 Å². The Morgan fingerprint density at radius 2 is 1.49 bits per heavy atom. The minimum atomic E-state index is -3.58. The van der Waals surface area contributed by atoms with Gasteiger partial charge in [-0.2, -0.15) is 0 Å². The van der Waals surface area contributed by atoms with E-state index in [1.807, 2.05) is 43.3 Å². The van der Waals surface area contributed by atoms with Crippen LogP contribution in [0.5, 0.6) is 5.75 Å². The minimum Gasteiger partial charge on any atom is -0.492 e. The summed E-state index contributed by atoms with van der Waals surface area (Å²) in [6.45, 7) is 2.39. The number of nitrogens with one attached hydrogen (secondary N) is 1. The van der Waals surface area contributed by atoms with E-state index in [0.717, 1.165) is 17.5 Å². The van der Waals surface area contributed by atoms with Gasteiger partial charge in [0.25, 0.3) is 5.91 Å². The van der Waals surface area contributed by atoms with Gasteiger partial charge in [-0.05, 0) is 78.6 Å². The van der Waals surface area contributed by atoms with Gasteiger partial charge >= 0.3 is 0 Å². The fraction of sp³-hybridized carbons (Fsp3) is 0.172. The maximum Gasteiger partial charge on any atom is 0.255 e. The maximum absolute atomic E-state index is 12.8. The Morgan fingerprint density at radius 1 is 0.865 bits per heavy atom. The van der Waals surface area contributed by atoms with Crippen molar-refractivity contribution in [2.45, 2.75) is 19.9 Å². The molecule has 1 aromatic heterocycles. The zero-order valence-corrected chi connectivity index (χ0v) is 21.6. The molecule has 37 heavy (non-hydrogen) atoms. The van der Waals surface area contributed by atoms with Crippen LogP contribution in [-0.4, -0.2) is 32.2 Å². The second-order valence-corrected chi connectivity index (χ2v) is 10.5. The predicted octanol–water partition coefficient (Wildman–Crippen LogP) is 5.29. The summed E-state index contributed by atoms with van der Waals surface area (Å²) in [7, 11) is -3.58. The Balaban J connectivity index is 1.43. The SMILES string of the molecule is CCOc1ccccc1N(Cc1ccc(C(=O)Nc2ccc(Cc3ccncc3)cc2)cc1)S(C)(=O)=O. The van der Waals surface area contributed by atoms with E-state index >= 15 is 0 Å². The lowest BCUT2D eigenvalue weighted by Crippen LogP contribution is -2.29. The molecule has 3 aromatic carbocycles. The third kappa shape index (κ3) is 6.95. The Hall–Kier alpha value is -4.17. The molecule has 0 bridgehead atoms. The molecule has 4 aromatic rings. The van der Waals surface area contributed by atoms with Crippen molar-refractivity contribution in [2.75, 3.05) is 22.5 Å². The lowest BCUT2D eigenvalue weighted by Gasteiger charge is -2.24. The quantitative estimate of drug-likeness (QED) is 0.310. The number of carbonyl (C=O) groups excluding carboxylic acids is 1. The molecule has 190 valence electrons. The van der Waals surface area contributed by atoms with E-state index in [0.29, 0.717) is 29.3 Å². The van der Waals surface area contributed by atoms with Crippen LogP contribution in [0.1, 0.15) is 34.0 Å². The number of aromatic nitrogens is 1. The molecule has 7 nitrogen and oxygen atoms in total. The van der Waals surface area contributed by atoms with Gasteiger partial charge in [0.1, 0.15) is 5.75 Å². The second kappa shape index (κ2) is 11.7. The third-order valence-electron chi connectivity index (χ3n) is 5.75. The molecule has 1 heterocycles. The van der Waals surface area contributed by atoms with Crippen molar-refractivity contribution in [2.24, 2.45) is 0 Å². The van der Waals surface area contributed by atoms with Crippen LogP contribution >= 0.6 is 0 Å². The molecule has 0 saturated heterocycles. The van der Waals surface area contributed by atoms with Crippen LogP contribution in [0, 0.1) is 0 Å². The number of nitrogens with zero attached hydrogens (tertiary/aromatic N) is 2. The topological polar surface area (TPSA) is 88.6 Å². The molecular weight excluding hydrogens is 486 g/mol. The van der Waals surface area contributed by atoms with Crippen LogP contribution in [0.3, 0.4) is 0 Å². The highest BCUT2D eigenvalue weighted by Gasteiger charge is 2.21. The third-order valence-corrected chi connectivity index (χ3v) is 6.87. The summed E-state index contributed by atoms with van der Waals surface area (Å²) in [4.78, 5) is 16.8. The van der Waals surface area contributed by atoms with Crippen molar-refractivity contribution in [1.29, 1.82) is 0 Å². The van der Waals surface area contributed by atoms with Crippen molar-refractivity contribution < 1.29 is 17.9 Å². The van der Waals surface area contributed by atoms with Crippen LogP contribution in [0.4, 0.5) is 11.4 Å². The Bertz CT molecular complexity index is 1440. The first-order valence-electron chi connectivity index (χ1n) is 11.9. The molecule has 1 N–H and O–H groups in total. The van der Waals surface area contributed by atoms with Crippen LogP contribution in [0.2, 0.25) is 0 Å². The molecule has 0 radical (unpaired) electrons.